The molecule has 0 spiro atoms. The Bertz CT molecular complexity index is 1130. The minimum absolute atomic E-state index is 0.0849. The Hall–Kier alpha value is -3.72. The molecule has 0 N–H and O–H groups in total. The van der Waals surface area contributed by atoms with Crippen LogP contribution in [0.2, 0.25) is 0 Å². The molecular formula is C23H17N3O3. The first-order valence-corrected chi connectivity index (χ1v) is 9.46. The van der Waals surface area contributed by atoms with E-state index in [0.29, 0.717) is 11.3 Å². The highest BCUT2D eigenvalue weighted by Gasteiger charge is 2.63. The Balaban J connectivity index is 1.59. The molecule has 2 aromatic rings. The molecule has 0 aromatic heterocycles. The number of Topliss-reactive ketones (excluding diaryl/α,β-unsaturated/α-hetero) is 1. The Kier molecular flexibility index (Phi) is 3.68. The molecule has 2 saturated heterocycles. The monoisotopic (exact) mass is 383 g/mol. The van der Waals surface area contributed by atoms with Crippen molar-refractivity contribution in [1.29, 1.82) is 5.26 Å². The molecule has 0 aliphatic carbocycles. The molecule has 3 aliphatic rings. The molecule has 0 saturated carbocycles. The van der Waals surface area contributed by atoms with Crippen LogP contribution in [0.25, 0.3) is 6.08 Å². The van der Waals surface area contributed by atoms with Crippen molar-refractivity contribution in [3.63, 3.8) is 0 Å². The summed E-state index contributed by atoms with van der Waals surface area (Å²) in [4.78, 5) is 41.3. The van der Waals surface area contributed by atoms with Crippen LogP contribution in [0, 0.1) is 23.2 Å². The average Bonchev–Trinajstić information content (AvgIpc) is 3.20. The number of hydrogen-bond acceptors (Lipinski definition) is 5. The first-order valence-electron chi connectivity index (χ1n) is 9.46. The first-order chi connectivity index (χ1) is 14.0. The zero-order valence-corrected chi connectivity index (χ0v) is 15.6. The molecule has 1 unspecified atom stereocenters. The van der Waals surface area contributed by atoms with Crippen LogP contribution >= 0.6 is 0 Å². The quantitative estimate of drug-likeness (QED) is 0.588. The number of rotatable bonds is 2. The van der Waals surface area contributed by atoms with Gasteiger partial charge in [-0.15, -0.1) is 0 Å². The van der Waals surface area contributed by atoms with Gasteiger partial charge in [0.2, 0.25) is 11.8 Å². The summed E-state index contributed by atoms with van der Waals surface area (Å²) in [6.07, 6.45) is 3.75. The van der Waals surface area contributed by atoms with Gasteiger partial charge in [-0.3, -0.25) is 14.4 Å². The second kappa shape index (κ2) is 6.14. The van der Waals surface area contributed by atoms with E-state index in [1.165, 1.54) is 11.8 Å². The predicted molar refractivity (Wildman–Crippen MR) is 105 cm³/mol. The van der Waals surface area contributed by atoms with Gasteiger partial charge >= 0.3 is 0 Å². The molecule has 3 heterocycles. The third kappa shape index (κ3) is 2.31. The average molecular weight is 383 g/mol. The number of ketones is 1. The van der Waals surface area contributed by atoms with E-state index in [4.69, 9.17) is 0 Å². The van der Waals surface area contributed by atoms with Crippen LogP contribution in [0.5, 0.6) is 0 Å². The van der Waals surface area contributed by atoms with Gasteiger partial charge in [0.1, 0.15) is 6.04 Å². The second-order valence-electron chi connectivity index (χ2n) is 7.58. The molecule has 5 rings (SSSR count). The first kappa shape index (κ1) is 17.4. The molecule has 0 radical (unpaired) electrons. The number of carbonyl (C=O) groups excluding carboxylic acids is 3. The highest BCUT2D eigenvalue weighted by atomic mass is 16.2. The molecule has 2 aromatic carbocycles. The fraction of sp³-hybridized carbons (Fsp3) is 0.217. The smallest absolute Gasteiger partial charge is 0.240 e. The molecule has 6 nitrogen and oxygen atoms in total. The van der Waals surface area contributed by atoms with E-state index in [-0.39, 0.29) is 23.6 Å². The van der Waals surface area contributed by atoms with Gasteiger partial charge in [0.25, 0.3) is 0 Å². The molecule has 3 aliphatic heterocycles. The SMILES string of the molecule is CC(=O)c1ccc(N2C(=O)[C@@H]3[C@H](C2=O)C2c4ccccc4C=CN2[C@@H]3C#N)cc1. The van der Waals surface area contributed by atoms with E-state index in [9.17, 15) is 19.6 Å². The lowest BCUT2D eigenvalue weighted by molar-refractivity contribution is -0.123. The lowest BCUT2D eigenvalue weighted by Crippen LogP contribution is -2.40. The second-order valence-corrected chi connectivity index (χ2v) is 7.58. The van der Waals surface area contributed by atoms with E-state index in [2.05, 4.69) is 6.07 Å². The summed E-state index contributed by atoms with van der Waals surface area (Å²) < 4.78 is 0. The van der Waals surface area contributed by atoms with Crippen molar-refractivity contribution in [3.05, 3.63) is 71.4 Å². The van der Waals surface area contributed by atoms with Crippen LogP contribution in [0.1, 0.15) is 34.5 Å². The van der Waals surface area contributed by atoms with Gasteiger partial charge in [-0.05, 0) is 48.4 Å². The van der Waals surface area contributed by atoms with Crippen molar-refractivity contribution in [1.82, 2.24) is 4.90 Å². The number of anilines is 1. The number of nitriles is 1. The van der Waals surface area contributed by atoms with Gasteiger partial charge in [0.05, 0.1) is 29.6 Å². The van der Waals surface area contributed by atoms with E-state index in [0.717, 1.165) is 11.1 Å². The standard InChI is InChI=1S/C23H17N3O3/c1-13(27)14-6-8-16(9-7-14)26-22(28)19-18(12-24)25-11-10-15-4-2-3-5-17(15)21(25)20(19)23(26)29/h2-11,18-21H,1H3/t18-,19+,20+,21?/m1/s1. The van der Waals surface area contributed by atoms with Crippen LogP contribution < -0.4 is 4.90 Å². The summed E-state index contributed by atoms with van der Waals surface area (Å²) in [5.41, 5.74) is 2.90. The van der Waals surface area contributed by atoms with Crippen molar-refractivity contribution in [2.75, 3.05) is 4.90 Å². The summed E-state index contributed by atoms with van der Waals surface area (Å²) in [6, 6.07) is 15.4. The third-order valence-electron chi connectivity index (χ3n) is 6.13. The highest BCUT2D eigenvalue weighted by Crippen LogP contribution is 2.52. The Morgan fingerprint density at radius 3 is 2.38 bits per heavy atom. The molecule has 142 valence electrons. The minimum atomic E-state index is -0.721. The Morgan fingerprint density at radius 2 is 1.69 bits per heavy atom. The van der Waals surface area contributed by atoms with Crippen LogP contribution in [0.4, 0.5) is 5.69 Å². The molecule has 0 bridgehead atoms. The number of hydrogen-bond donors (Lipinski definition) is 0. The van der Waals surface area contributed by atoms with Crippen LogP contribution in [0.3, 0.4) is 0 Å². The maximum atomic E-state index is 13.4. The number of nitrogens with zero attached hydrogens (tertiary/aromatic N) is 3. The minimum Gasteiger partial charge on any atom is -0.353 e. The molecular weight excluding hydrogens is 366 g/mol. The van der Waals surface area contributed by atoms with Gasteiger partial charge in [-0.25, -0.2) is 4.90 Å². The highest BCUT2D eigenvalue weighted by molar-refractivity contribution is 6.23. The maximum absolute atomic E-state index is 13.4. The fourth-order valence-electron chi connectivity index (χ4n) is 4.81. The molecule has 2 fully saturated rings. The van der Waals surface area contributed by atoms with Gasteiger partial charge in [-0.2, -0.15) is 5.26 Å². The Morgan fingerprint density at radius 1 is 1.00 bits per heavy atom. The van der Waals surface area contributed by atoms with Crippen molar-refractivity contribution in [3.8, 4) is 6.07 Å². The zero-order chi connectivity index (χ0) is 20.3. The largest absolute Gasteiger partial charge is 0.353 e. The van der Waals surface area contributed by atoms with Crippen molar-refractivity contribution >= 4 is 29.4 Å². The van der Waals surface area contributed by atoms with Crippen LogP contribution in [-0.2, 0) is 9.59 Å². The van der Waals surface area contributed by atoms with E-state index < -0.39 is 17.9 Å². The molecule has 4 atom stereocenters. The summed E-state index contributed by atoms with van der Waals surface area (Å²) in [5.74, 6) is -2.08. The summed E-state index contributed by atoms with van der Waals surface area (Å²) in [5, 5.41) is 9.81. The third-order valence-corrected chi connectivity index (χ3v) is 6.13. The Labute approximate surface area is 167 Å². The number of amides is 2. The summed E-state index contributed by atoms with van der Waals surface area (Å²) in [6.45, 7) is 1.46. The van der Waals surface area contributed by atoms with Crippen molar-refractivity contribution in [2.24, 2.45) is 11.8 Å². The number of benzene rings is 2. The van der Waals surface area contributed by atoms with Crippen molar-refractivity contribution < 1.29 is 14.4 Å². The zero-order valence-electron chi connectivity index (χ0n) is 15.6. The topological polar surface area (TPSA) is 81.5 Å². The van der Waals surface area contributed by atoms with E-state index >= 15 is 0 Å². The van der Waals surface area contributed by atoms with Crippen LogP contribution in [-0.4, -0.2) is 28.5 Å². The normalized spacial score (nSPS) is 26.8. The molecule has 6 heteroatoms. The van der Waals surface area contributed by atoms with E-state index in [1.54, 1.807) is 24.3 Å². The number of fused-ring (bicyclic) bond motifs is 5. The van der Waals surface area contributed by atoms with Crippen LogP contribution in [0.15, 0.2) is 54.7 Å². The predicted octanol–water partition coefficient (Wildman–Crippen LogP) is 2.93. The van der Waals surface area contributed by atoms with E-state index in [1.807, 2.05) is 41.4 Å². The number of imide groups is 1. The fourth-order valence-corrected chi connectivity index (χ4v) is 4.81. The van der Waals surface area contributed by atoms with Gasteiger partial charge in [0.15, 0.2) is 5.78 Å². The van der Waals surface area contributed by atoms with Crippen molar-refractivity contribution in [2.45, 2.75) is 19.0 Å². The maximum Gasteiger partial charge on any atom is 0.240 e. The van der Waals surface area contributed by atoms with Gasteiger partial charge in [-0.1, -0.05) is 24.3 Å². The summed E-state index contributed by atoms with van der Waals surface area (Å²) in [7, 11) is 0. The lowest BCUT2D eigenvalue weighted by atomic mass is 9.85. The molecule has 29 heavy (non-hydrogen) atoms. The summed E-state index contributed by atoms with van der Waals surface area (Å²) >= 11 is 0. The lowest BCUT2D eigenvalue weighted by Gasteiger charge is -2.33. The van der Waals surface area contributed by atoms with Gasteiger partial charge in [0, 0.05) is 11.8 Å². The number of carbonyl (C=O) groups is 3. The van der Waals surface area contributed by atoms with Gasteiger partial charge < -0.3 is 4.90 Å². The molecule has 2 amide bonds.